The number of fused-ring (bicyclic) bond motifs is 2. The molecule has 0 fully saturated rings. The largest absolute Gasteiger partial charge is 0.322 e. The number of nitrogens with one attached hydrogen (secondary N) is 2. The van der Waals surface area contributed by atoms with E-state index in [0.717, 1.165) is 21.7 Å². The van der Waals surface area contributed by atoms with E-state index in [1.54, 1.807) is 6.07 Å². The Morgan fingerprint density at radius 2 is 1.64 bits per heavy atom. The van der Waals surface area contributed by atoms with Crippen molar-refractivity contribution < 1.29 is 4.79 Å². The highest BCUT2D eigenvalue weighted by Gasteiger charge is 2.18. The molecule has 4 aromatic rings. The Morgan fingerprint density at radius 1 is 0.893 bits per heavy atom. The van der Waals surface area contributed by atoms with Gasteiger partial charge in [0.1, 0.15) is 0 Å². The molecule has 0 atom stereocenters. The minimum atomic E-state index is -0.175. The molecule has 0 unspecified atom stereocenters. The number of aromatic nitrogens is 1. The predicted octanol–water partition coefficient (Wildman–Crippen LogP) is 5.23. The van der Waals surface area contributed by atoms with Crippen molar-refractivity contribution in [2.75, 3.05) is 5.32 Å². The molecule has 1 aromatic heterocycles. The van der Waals surface area contributed by atoms with Gasteiger partial charge in [0.2, 0.25) is 5.56 Å². The molecule has 0 aliphatic carbocycles. The van der Waals surface area contributed by atoms with Crippen LogP contribution in [0.2, 0.25) is 0 Å². The quantitative estimate of drug-likeness (QED) is 0.507. The van der Waals surface area contributed by atoms with E-state index < -0.39 is 0 Å². The molecule has 1 amide bonds. The summed E-state index contributed by atoms with van der Waals surface area (Å²) in [6.45, 7) is 6.24. The SMILES string of the molecule is CC(C)(C)c1cc(=O)[nH]c2cc(NC(=O)c3cccc4ccccc34)ccc12. The topological polar surface area (TPSA) is 62.0 Å². The monoisotopic (exact) mass is 370 g/mol. The number of aromatic amines is 1. The van der Waals surface area contributed by atoms with Crippen molar-refractivity contribution in [3.63, 3.8) is 0 Å². The van der Waals surface area contributed by atoms with Crippen LogP contribution >= 0.6 is 0 Å². The molecule has 28 heavy (non-hydrogen) atoms. The van der Waals surface area contributed by atoms with E-state index in [1.807, 2.05) is 60.7 Å². The summed E-state index contributed by atoms with van der Waals surface area (Å²) in [5.41, 5.74) is 2.67. The Balaban J connectivity index is 1.74. The van der Waals surface area contributed by atoms with E-state index in [0.29, 0.717) is 16.8 Å². The van der Waals surface area contributed by atoms with Crippen LogP contribution in [0.25, 0.3) is 21.7 Å². The molecule has 3 aromatic carbocycles. The average Bonchev–Trinajstić information content (AvgIpc) is 2.65. The van der Waals surface area contributed by atoms with Crippen molar-refractivity contribution >= 4 is 33.3 Å². The molecule has 4 nitrogen and oxygen atoms in total. The van der Waals surface area contributed by atoms with E-state index in [2.05, 4.69) is 31.1 Å². The maximum Gasteiger partial charge on any atom is 0.256 e. The maximum atomic E-state index is 12.9. The lowest BCUT2D eigenvalue weighted by molar-refractivity contribution is 0.102. The molecule has 1 heterocycles. The molecule has 0 aliphatic heterocycles. The number of H-pyrrole nitrogens is 1. The number of carbonyl (C=O) groups excluding carboxylic acids is 1. The third-order valence-corrected chi connectivity index (χ3v) is 4.94. The molecule has 0 radical (unpaired) electrons. The molecular weight excluding hydrogens is 348 g/mol. The molecule has 4 rings (SSSR count). The van der Waals surface area contributed by atoms with Crippen LogP contribution in [0.15, 0.2) is 71.5 Å². The zero-order valence-electron chi connectivity index (χ0n) is 16.2. The van der Waals surface area contributed by atoms with Gasteiger partial charge >= 0.3 is 0 Å². The Hall–Kier alpha value is -3.40. The van der Waals surface area contributed by atoms with Gasteiger partial charge in [-0.05, 0) is 39.9 Å². The van der Waals surface area contributed by atoms with Crippen molar-refractivity contribution in [2.45, 2.75) is 26.2 Å². The lowest BCUT2D eigenvalue weighted by atomic mass is 9.85. The molecule has 0 spiro atoms. The van der Waals surface area contributed by atoms with Crippen molar-refractivity contribution in [3.05, 3.63) is 88.2 Å². The first-order chi connectivity index (χ1) is 13.3. The highest BCUT2D eigenvalue weighted by molar-refractivity contribution is 6.13. The van der Waals surface area contributed by atoms with Crippen LogP contribution in [-0.2, 0) is 5.41 Å². The third kappa shape index (κ3) is 3.29. The van der Waals surface area contributed by atoms with Gasteiger partial charge in [0.25, 0.3) is 5.91 Å². The Kier molecular flexibility index (Phi) is 4.27. The van der Waals surface area contributed by atoms with Gasteiger partial charge in [-0.25, -0.2) is 0 Å². The van der Waals surface area contributed by atoms with E-state index in [9.17, 15) is 9.59 Å². The fourth-order valence-electron chi connectivity index (χ4n) is 3.58. The fraction of sp³-hybridized carbons (Fsp3) is 0.167. The smallest absolute Gasteiger partial charge is 0.256 e. The number of rotatable bonds is 2. The van der Waals surface area contributed by atoms with Crippen molar-refractivity contribution in [1.29, 1.82) is 0 Å². The van der Waals surface area contributed by atoms with Gasteiger partial charge in [-0.15, -0.1) is 0 Å². The van der Waals surface area contributed by atoms with Crippen molar-refractivity contribution in [1.82, 2.24) is 4.98 Å². The zero-order chi connectivity index (χ0) is 19.9. The van der Waals surface area contributed by atoms with Crippen LogP contribution in [0.1, 0.15) is 36.7 Å². The molecule has 0 saturated heterocycles. The molecular formula is C24H22N2O2. The van der Waals surface area contributed by atoms with Gasteiger partial charge in [0.05, 0.1) is 5.52 Å². The summed E-state index contributed by atoms with van der Waals surface area (Å²) in [5.74, 6) is -0.175. The molecule has 140 valence electrons. The first kappa shape index (κ1) is 18.0. The number of amides is 1. The van der Waals surface area contributed by atoms with Gasteiger partial charge in [0.15, 0.2) is 0 Å². The first-order valence-electron chi connectivity index (χ1n) is 9.29. The van der Waals surface area contributed by atoms with Gasteiger partial charge in [0, 0.05) is 22.7 Å². The van der Waals surface area contributed by atoms with Gasteiger partial charge < -0.3 is 10.3 Å². The Morgan fingerprint density at radius 3 is 2.43 bits per heavy atom. The minimum absolute atomic E-state index is 0.144. The highest BCUT2D eigenvalue weighted by Crippen LogP contribution is 2.29. The lowest BCUT2D eigenvalue weighted by Crippen LogP contribution is -2.17. The second-order valence-electron chi connectivity index (χ2n) is 8.04. The summed E-state index contributed by atoms with van der Waals surface area (Å²) in [6, 6.07) is 20.8. The fourth-order valence-corrected chi connectivity index (χ4v) is 3.58. The average molecular weight is 370 g/mol. The van der Waals surface area contributed by atoms with Gasteiger partial charge in [-0.1, -0.05) is 63.2 Å². The summed E-state index contributed by atoms with van der Waals surface area (Å²) in [4.78, 5) is 27.9. The minimum Gasteiger partial charge on any atom is -0.322 e. The first-order valence-corrected chi connectivity index (χ1v) is 9.29. The summed E-state index contributed by atoms with van der Waals surface area (Å²) < 4.78 is 0. The maximum absolute atomic E-state index is 12.9. The van der Waals surface area contributed by atoms with Crippen LogP contribution in [0.5, 0.6) is 0 Å². The van der Waals surface area contributed by atoms with Crippen LogP contribution in [0, 0.1) is 0 Å². The van der Waals surface area contributed by atoms with E-state index in [1.165, 1.54) is 0 Å². The third-order valence-electron chi connectivity index (χ3n) is 4.94. The summed E-state index contributed by atoms with van der Waals surface area (Å²) >= 11 is 0. The van der Waals surface area contributed by atoms with Crippen LogP contribution in [0.3, 0.4) is 0 Å². The van der Waals surface area contributed by atoms with Gasteiger partial charge in [-0.3, -0.25) is 9.59 Å². The van der Waals surface area contributed by atoms with Crippen LogP contribution in [0.4, 0.5) is 5.69 Å². The highest BCUT2D eigenvalue weighted by atomic mass is 16.1. The summed E-state index contributed by atoms with van der Waals surface area (Å²) in [6.07, 6.45) is 0. The van der Waals surface area contributed by atoms with Crippen LogP contribution in [-0.4, -0.2) is 10.9 Å². The van der Waals surface area contributed by atoms with Crippen LogP contribution < -0.4 is 10.9 Å². The normalized spacial score (nSPS) is 11.7. The van der Waals surface area contributed by atoms with E-state index in [4.69, 9.17) is 0 Å². The number of pyridine rings is 1. The van der Waals surface area contributed by atoms with E-state index >= 15 is 0 Å². The second-order valence-corrected chi connectivity index (χ2v) is 8.04. The van der Waals surface area contributed by atoms with Crippen molar-refractivity contribution in [2.24, 2.45) is 0 Å². The molecule has 4 heteroatoms. The standard InChI is InChI=1S/C24H22N2O2/c1-24(2,3)20-14-22(27)26-21-13-16(11-12-19(20)21)25-23(28)18-10-6-8-15-7-4-5-9-17(15)18/h4-14H,1-3H3,(H,25,28)(H,26,27). The number of hydrogen-bond acceptors (Lipinski definition) is 2. The number of hydrogen-bond donors (Lipinski definition) is 2. The Labute approximate surface area is 163 Å². The Bertz CT molecular complexity index is 1260. The van der Waals surface area contributed by atoms with Crippen molar-refractivity contribution in [3.8, 4) is 0 Å². The second kappa shape index (κ2) is 6.64. The lowest BCUT2D eigenvalue weighted by Gasteiger charge is -2.21. The zero-order valence-corrected chi connectivity index (χ0v) is 16.2. The molecule has 0 aliphatic rings. The predicted molar refractivity (Wildman–Crippen MR) is 115 cm³/mol. The van der Waals surface area contributed by atoms with E-state index in [-0.39, 0.29) is 16.9 Å². The van der Waals surface area contributed by atoms with Gasteiger partial charge in [-0.2, -0.15) is 0 Å². The molecule has 0 saturated carbocycles. The molecule has 2 N–H and O–H groups in total. The summed E-state index contributed by atoms with van der Waals surface area (Å²) in [5, 5.41) is 5.87. The number of benzene rings is 3. The number of anilines is 1. The summed E-state index contributed by atoms with van der Waals surface area (Å²) in [7, 11) is 0. The number of carbonyl (C=O) groups is 1. The molecule has 0 bridgehead atoms.